The van der Waals surface area contributed by atoms with Crippen LogP contribution in [0, 0.1) is 5.82 Å². The van der Waals surface area contributed by atoms with E-state index in [1.807, 2.05) is 6.92 Å². The van der Waals surface area contributed by atoms with Crippen LogP contribution in [0.1, 0.15) is 26.2 Å². The van der Waals surface area contributed by atoms with E-state index in [2.05, 4.69) is 10.2 Å². The number of nitrogens with two attached hydrogens (primary N) is 1. The van der Waals surface area contributed by atoms with E-state index in [0.717, 1.165) is 25.9 Å². The van der Waals surface area contributed by atoms with Crippen molar-refractivity contribution in [1.82, 2.24) is 4.90 Å². The number of piperidine rings is 1. The predicted molar refractivity (Wildman–Crippen MR) is 80.4 cm³/mol. The number of nitrogens with one attached hydrogen (secondary N) is 1. The van der Waals surface area contributed by atoms with E-state index in [1.54, 1.807) is 0 Å². The van der Waals surface area contributed by atoms with E-state index >= 15 is 0 Å². The molecular formula is C15H22FN3O2. The summed E-state index contributed by atoms with van der Waals surface area (Å²) in [5.74, 6) is -0.573. The molecule has 1 saturated heterocycles. The average molecular weight is 295 g/mol. The van der Waals surface area contributed by atoms with Crippen molar-refractivity contribution in [3.05, 3.63) is 24.0 Å². The summed E-state index contributed by atoms with van der Waals surface area (Å²) in [4.78, 5) is 14.0. The van der Waals surface area contributed by atoms with E-state index in [0.29, 0.717) is 18.7 Å². The molecule has 21 heavy (non-hydrogen) atoms. The van der Waals surface area contributed by atoms with Crippen molar-refractivity contribution >= 4 is 17.3 Å². The lowest BCUT2D eigenvalue weighted by Crippen LogP contribution is -2.43. The maximum Gasteiger partial charge on any atom is 0.225 e. The fourth-order valence-electron chi connectivity index (χ4n) is 2.38. The van der Waals surface area contributed by atoms with Crippen molar-refractivity contribution in [3.8, 4) is 0 Å². The van der Waals surface area contributed by atoms with Gasteiger partial charge < -0.3 is 21.1 Å². The van der Waals surface area contributed by atoms with Gasteiger partial charge in [0.1, 0.15) is 5.82 Å². The van der Waals surface area contributed by atoms with Gasteiger partial charge in [0.15, 0.2) is 0 Å². The lowest BCUT2D eigenvalue weighted by atomic mass is 9.94. The molecule has 1 aliphatic rings. The van der Waals surface area contributed by atoms with Crippen LogP contribution in [0.15, 0.2) is 18.2 Å². The maximum absolute atomic E-state index is 12.9. The third-order valence-electron chi connectivity index (χ3n) is 3.88. The van der Waals surface area contributed by atoms with Crippen molar-refractivity contribution < 1.29 is 14.3 Å². The second kappa shape index (κ2) is 6.41. The number of hydrogen-bond acceptors (Lipinski definition) is 4. The fraction of sp³-hybridized carbons (Fsp3) is 0.533. The van der Waals surface area contributed by atoms with Gasteiger partial charge in [-0.1, -0.05) is 0 Å². The molecule has 1 fully saturated rings. The highest BCUT2D eigenvalue weighted by molar-refractivity contribution is 5.93. The molecule has 5 nitrogen and oxygen atoms in total. The summed E-state index contributed by atoms with van der Waals surface area (Å²) >= 11 is 0. The molecule has 0 saturated carbocycles. The molecule has 1 aliphatic heterocycles. The number of carbonyl (C=O) groups excluding carboxylic acids is 1. The van der Waals surface area contributed by atoms with Crippen LogP contribution in [-0.2, 0) is 4.79 Å². The van der Waals surface area contributed by atoms with Gasteiger partial charge in [0, 0.05) is 26.1 Å². The van der Waals surface area contributed by atoms with Gasteiger partial charge in [-0.2, -0.15) is 0 Å². The first-order chi connectivity index (χ1) is 9.85. The Morgan fingerprint density at radius 1 is 1.48 bits per heavy atom. The Labute approximate surface area is 123 Å². The lowest BCUT2D eigenvalue weighted by molar-refractivity contribution is -0.116. The van der Waals surface area contributed by atoms with Gasteiger partial charge >= 0.3 is 0 Å². The molecule has 1 heterocycles. The summed E-state index contributed by atoms with van der Waals surface area (Å²) in [5, 5.41) is 12.6. The summed E-state index contributed by atoms with van der Waals surface area (Å²) in [6.45, 7) is 4.06. The minimum absolute atomic E-state index is 0.148. The monoisotopic (exact) mass is 295 g/mol. The molecule has 0 bridgehead atoms. The standard InChI is InChI=1S/C15H22FN3O2/c1-15(21)5-8-19(9-6-15)7-4-14(20)18-13-3-2-11(16)10-12(13)17/h2-3,10,21H,4-9,17H2,1H3,(H,18,20). The number of carbonyl (C=O) groups is 1. The summed E-state index contributed by atoms with van der Waals surface area (Å²) in [6, 6.07) is 3.90. The third kappa shape index (κ3) is 4.68. The Morgan fingerprint density at radius 3 is 2.76 bits per heavy atom. The Balaban J connectivity index is 1.78. The number of hydrogen-bond donors (Lipinski definition) is 3. The van der Waals surface area contributed by atoms with E-state index in [-0.39, 0.29) is 11.6 Å². The van der Waals surface area contributed by atoms with Crippen molar-refractivity contribution in [3.63, 3.8) is 0 Å². The highest BCUT2D eigenvalue weighted by Crippen LogP contribution is 2.22. The zero-order chi connectivity index (χ0) is 15.5. The first-order valence-electron chi connectivity index (χ1n) is 7.15. The molecule has 1 aromatic rings. The topological polar surface area (TPSA) is 78.6 Å². The largest absolute Gasteiger partial charge is 0.397 e. The van der Waals surface area contributed by atoms with Crippen LogP contribution in [0.5, 0.6) is 0 Å². The molecule has 116 valence electrons. The van der Waals surface area contributed by atoms with E-state index in [4.69, 9.17) is 5.73 Å². The normalized spacial score (nSPS) is 18.4. The second-order valence-electron chi connectivity index (χ2n) is 5.87. The number of likely N-dealkylation sites (tertiary alicyclic amines) is 1. The Morgan fingerprint density at radius 2 is 2.14 bits per heavy atom. The minimum atomic E-state index is -0.582. The van der Waals surface area contributed by atoms with Gasteiger partial charge in [-0.3, -0.25) is 4.79 Å². The van der Waals surface area contributed by atoms with Crippen LogP contribution in [0.25, 0.3) is 0 Å². The molecule has 6 heteroatoms. The van der Waals surface area contributed by atoms with Crippen LogP contribution in [0.3, 0.4) is 0 Å². The minimum Gasteiger partial charge on any atom is -0.397 e. The second-order valence-corrected chi connectivity index (χ2v) is 5.87. The Bertz CT molecular complexity index is 510. The van der Waals surface area contributed by atoms with E-state index < -0.39 is 11.4 Å². The van der Waals surface area contributed by atoms with Crippen molar-refractivity contribution in [2.75, 3.05) is 30.7 Å². The number of benzene rings is 1. The number of anilines is 2. The summed E-state index contributed by atoms with van der Waals surface area (Å²) in [7, 11) is 0. The smallest absolute Gasteiger partial charge is 0.225 e. The summed E-state index contributed by atoms with van der Waals surface area (Å²) < 4.78 is 12.9. The van der Waals surface area contributed by atoms with Crippen LogP contribution in [0.4, 0.5) is 15.8 Å². The first kappa shape index (κ1) is 15.7. The predicted octanol–water partition coefficient (Wildman–Crippen LogP) is 1.58. The highest BCUT2D eigenvalue weighted by atomic mass is 19.1. The molecule has 0 atom stereocenters. The molecule has 1 aromatic carbocycles. The van der Waals surface area contributed by atoms with Crippen LogP contribution in [0.2, 0.25) is 0 Å². The number of nitrogens with zero attached hydrogens (tertiary/aromatic N) is 1. The van der Waals surface area contributed by atoms with Crippen molar-refractivity contribution in [2.45, 2.75) is 31.8 Å². The van der Waals surface area contributed by atoms with E-state index in [9.17, 15) is 14.3 Å². The van der Waals surface area contributed by atoms with Crippen molar-refractivity contribution in [2.24, 2.45) is 0 Å². The molecule has 0 spiro atoms. The van der Waals surface area contributed by atoms with E-state index in [1.165, 1.54) is 18.2 Å². The van der Waals surface area contributed by atoms with Gasteiger partial charge in [0.25, 0.3) is 0 Å². The summed E-state index contributed by atoms with van der Waals surface area (Å²) in [6.07, 6.45) is 1.79. The quantitative estimate of drug-likeness (QED) is 0.737. The molecular weight excluding hydrogens is 273 g/mol. The molecule has 0 aromatic heterocycles. The number of aliphatic hydroxyl groups is 1. The SMILES string of the molecule is CC1(O)CCN(CCC(=O)Nc2ccc(F)cc2N)CC1. The fourth-order valence-corrected chi connectivity index (χ4v) is 2.38. The maximum atomic E-state index is 12.9. The van der Waals surface area contributed by atoms with Gasteiger partial charge in [-0.05, 0) is 38.0 Å². The molecule has 0 aliphatic carbocycles. The Hall–Kier alpha value is -1.66. The zero-order valence-corrected chi connectivity index (χ0v) is 12.2. The van der Waals surface area contributed by atoms with Crippen LogP contribution in [-0.4, -0.2) is 41.1 Å². The summed E-state index contributed by atoms with van der Waals surface area (Å²) in [5.41, 5.74) is 5.72. The first-order valence-corrected chi connectivity index (χ1v) is 7.15. The molecule has 1 amide bonds. The average Bonchev–Trinajstić information content (AvgIpc) is 2.41. The van der Waals surface area contributed by atoms with Crippen LogP contribution >= 0.6 is 0 Å². The number of nitrogen functional groups attached to an aromatic ring is 1. The van der Waals surface area contributed by atoms with Gasteiger partial charge in [-0.25, -0.2) is 4.39 Å². The van der Waals surface area contributed by atoms with Crippen LogP contribution < -0.4 is 11.1 Å². The lowest BCUT2D eigenvalue weighted by Gasteiger charge is -2.35. The molecule has 2 rings (SSSR count). The van der Waals surface area contributed by atoms with Gasteiger partial charge in [0.05, 0.1) is 17.0 Å². The zero-order valence-electron chi connectivity index (χ0n) is 12.2. The molecule has 4 N–H and O–H groups in total. The number of halogens is 1. The highest BCUT2D eigenvalue weighted by Gasteiger charge is 2.27. The number of rotatable bonds is 4. The van der Waals surface area contributed by atoms with Gasteiger partial charge in [0.2, 0.25) is 5.91 Å². The number of amides is 1. The van der Waals surface area contributed by atoms with Crippen molar-refractivity contribution in [1.29, 1.82) is 0 Å². The molecule has 0 unspecified atom stereocenters. The molecule has 0 radical (unpaired) electrons. The Kier molecular flexibility index (Phi) is 4.80. The van der Waals surface area contributed by atoms with Gasteiger partial charge in [-0.15, -0.1) is 0 Å². The third-order valence-corrected chi connectivity index (χ3v) is 3.88.